The van der Waals surface area contributed by atoms with Crippen LogP contribution in [-0.4, -0.2) is 10.2 Å². The molecule has 2 rings (SSSR count). The average molecular weight is 269 g/mol. The number of aromatic nitrogens is 2. The zero-order chi connectivity index (χ0) is 13.1. The van der Waals surface area contributed by atoms with Crippen LogP contribution in [0.1, 0.15) is 28.5 Å². The van der Waals surface area contributed by atoms with Gasteiger partial charge in [0.25, 0.3) is 0 Å². The van der Waals surface area contributed by atoms with Crippen LogP contribution in [0.4, 0.5) is 8.78 Å². The highest BCUT2D eigenvalue weighted by atomic mass is 32.1. The number of aryl methyl sites for hydroxylation is 1. The second kappa shape index (κ2) is 5.49. The second-order valence-corrected chi connectivity index (χ2v) is 5.23. The fourth-order valence-corrected chi connectivity index (χ4v) is 2.27. The first-order chi connectivity index (χ1) is 8.58. The van der Waals surface area contributed by atoms with Crippen LogP contribution in [0.15, 0.2) is 18.2 Å². The lowest BCUT2D eigenvalue weighted by molar-refractivity contribution is 0.472. The Kier molecular flexibility index (Phi) is 3.98. The van der Waals surface area contributed by atoms with E-state index in [0.717, 1.165) is 16.1 Å². The molecule has 0 aliphatic heterocycles. The van der Waals surface area contributed by atoms with Gasteiger partial charge in [-0.15, -0.1) is 21.5 Å². The summed E-state index contributed by atoms with van der Waals surface area (Å²) in [5, 5.41) is 12.7. The molecule has 2 aromatic rings. The summed E-state index contributed by atoms with van der Waals surface area (Å²) in [4.78, 5) is 0. The number of benzene rings is 1. The SMILES string of the molecule is Cc1nnc(CN[C@@H](C)c2cccc(F)c2F)s1. The first-order valence-corrected chi connectivity index (χ1v) is 6.36. The summed E-state index contributed by atoms with van der Waals surface area (Å²) in [7, 11) is 0. The molecule has 1 N–H and O–H groups in total. The molecule has 0 radical (unpaired) electrons. The molecule has 1 aromatic heterocycles. The van der Waals surface area contributed by atoms with Crippen molar-refractivity contribution in [2.45, 2.75) is 26.4 Å². The number of hydrogen-bond acceptors (Lipinski definition) is 4. The predicted molar refractivity (Wildman–Crippen MR) is 66.3 cm³/mol. The van der Waals surface area contributed by atoms with Gasteiger partial charge in [0, 0.05) is 11.6 Å². The van der Waals surface area contributed by atoms with Gasteiger partial charge in [-0.2, -0.15) is 0 Å². The van der Waals surface area contributed by atoms with E-state index in [1.807, 2.05) is 6.92 Å². The molecule has 0 unspecified atom stereocenters. The van der Waals surface area contributed by atoms with Crippen molar-refractivity contribution in [2.75, 3.05) is 0 Å². The summed E-state index contributed by atoms with van der Waals surface area (Å²) in [6.45, 7) is 4.14. The Morgan fingerprint density at radius 1 is 1.33 bits per heavy atom. The molecule has 18 heavy (non-hydrogen) atoms. The van der Waals surface area contributed by atoms with E-state index in [1.54, 1.807) is 13.0 Å². The topological polar surface area (TPSA) is 37.8 Å². The van der Waals surface area contributed by atoms with E-state index in [2.05, 4.69) is 15.5 Å². The van der Waals surface area contributed by atoms with Crippen LogP contribution in [0.5, 0.6) is 0 Å². The number of nitrogens with one attached hydrogen (secondary N) is 1. The van der Waals surface area contributed by atoms with Crippen LogP contribution in [0.2, 0.25) is 0 Å². The molecule has 6 heteroatoms. The highest BCUT2D eigenvalue weighted by molar-refractivity contribution is 7.11. The number of halogens is 2. The van der Waals surface area contributed by atoms with E-state index in [1.165, 1.54) is 17.4 Å². The second-order valence-electron chi connectivity index (χ2n) is 3.96. The Morgan fingerprint density at radius 2 is 2.11 bits per heavy atom. The monoisotopic (exact) mass is 269 g/mol. The summed E-state index contributed by atoms with van der Waals surface area (Å²) in [6, 6.07) is 3.90. The Balaban J connectivity index is 2.03. The molecular formula is C12H13F2N3S. The first-order valence-electron chi connectivity index (χ1n) is 5.54. The molecule has 3 nitrogen and oxygen atoms in total. The average Bonchev–Trinajstić information content (AvgIpc) is 2.76. The maximum atomic E-state index is 13.5. The van der Waals surface area contributed by atoms with Crippen LogP contribution >= 0.6 is 11.3 Å². The van der Waals surface area contributed by atoms with E-state index in [9.17, 15) is 8.78 Å². The number of rotatable bonds is 4. The third-order valence-electron chi connectivity index (χ3n) is 2.58. The van der Waals surface area contributed by atoms with Crippen molar-refractivity contribution in [2.24, 2.45) is 0 Å². The van der Waals surface area contributed by atoms with E-state index < -0.39 is 11.6 Å². The van der Waals surface area contributed by atoms with Crippen molar-refractivity contribution < 1.29 is 8.78 Å². The smallest absolute Gasteiger partial charge is 0.163 e. The number of nitrogens with zero attached hydrogens (tertiary/aromatic N) is 2. The zero-order valence-corrected chi connectivity index (χ0v) is 10.9. The molecule has 0 amide bonds. The maximum Gasteiger partial charge on any atom is 0.163 e. The largest absolute Gasteiger partial charge is 0.304 e. The lowest BCUT2D eigenvalue weighted by Gasteiger charge is -2.14. The Bertz CT molecular complexity index is 542. The maximum absolute atomic E-state index is 13.5. The highest BCUT2D eigenvalue weighted by Crippen LogP contribution is 2.19. The normalized spacial score (nSPS) is 12.7. The van der Waals surface area contributed by atoms with Crippen molar-refractivity contribution in [1.82, 2.24) is 15.5 Å². The van der Waals surface area contributed by atoms with E-state index in [4.69, 9.17) is 0 Å². The summed E-state index contributed by atoms with van der Waals surface area (Å²) in [5.74, 6) is -1.63. The molecule has 0 bridgehead atoms. The Hall–Kier alpha value is -1.40. The fourth-order valence-electron chi connectivity index (χ4n) is 1.61. The lowest BCUT2D eigenvalue weighted by Crippen LogP contribution is -2.19. The number of hydrogen-bond donors (Lipinski definition) is 1. The van der Waals surface area contributed by atoms with Crippen molar-refractivity contribution in [3.8, 4) is 0 Å². The van der Waals surface area contributed by atoms with Gasteiger partial charge in [-0.1, -0.05) is 12.1 Å². The van der Waals surface area contributed by atoms with Gasteiger partial charge in [-0.3, -0.25) is 0 Å². The molecular weight excluding hydrogens is 256 g/mol. The lowest BCUT2D eigenvalue weighted by atomic mass is 10.1. The minimum absolute atomic E-state index is 0.287. The summed E-state index contributed by atoms with van der Waals surface area (Å²) in [5.41, 5.74) is 0.316. The minimum Gasteiger partial charge on any atom is -0.304 e. The fraction of sp³-hybridized carbons (Fsp3) is 0.333. The van der Waals surface area contributed by atoms with E-state index in [0.29, 0.717) is 12.1 Å². The van der Waals surface area contributed by atoms with Crippen LogP contribution in [-0.2, 0) is 6.54 Å². The molecule has 96 valence electrons. The van der Waals surface area contributed by atoms with Gasteiger partial charge in [0.15, 0.2) is 11.6 Å². The highest BCUT2D eigenvalue weighted by Gasteiger charge is 2.14. The summed E-state index contributed by atoms with van der Waals surface area (Å²) >= 11 is 1.48. The van der Waals surface area contributed by atoms with Crippen molar-refractivity contribution in [1.29, 1.82) is 0 Å². The van der Waals surface area contributed by atoms with Crippen molar-refractivity contribution in [3.63, 3.8) is 0 Å². The molecule has 0 fully saturated rings. The Morgan fingerprint density at radius 3 is 2.78 bits per heavy atom. The zero-order valence-electron chi connectivity index (χ0n) is 10.1. The van der Waals surface area contributed by atoms with E-state index in [-0.39, 0.29) is 6.04 Å². The molecule has 0 saturated heterocycles. The first kappa shape index (κ1) is 13.0. The van der Waals surface area contributed by atoms with Crippen LogP contribution < -0.4 is 5.32 Å². The molecule has 1 heterocycles. The van der Waals surface area contributed by atoms with E-state index >= 15 is 0 Å². The third kappa shape index (κ3) is 2.88. The molecule has 0 aliphatic rings. The summed E-state index contributed by atoms with van der Waals surface area (Å²) < 4.78 is 26.6. The van der Waals surface area contributed by atoms with Crippen molar-refractivity contribution >= 4 is 11.3 Å². The van der Waals surface area contributed by atoms with Gasteiger partial charge in [0.2, 0.25) is 0 Å². The Labute approximate surface area is 108 Å². The molecule has 1 aromatic carbocycles. The molecule has 0 saturated carbocycles. The standard InChI is InChI=1S/C12H13F2N3S/c1-7(9-4-3-5-10(13)12(9)14)15-6-11-17-16-8(2)18-11/h3-5,7,15H,6H2,1-2H3/t7-/m0/s1. The molecule has 0 spiro atoms. The van der Waals surface area contributed by atoms with Gasteiger partial charge in [0.1, 0.15) is 10.0 Å². The third-order valence-corrected chi connectivity index (χ3v) is 3.41. The van der Waals surface area contributed by atoms with Crippen LogP contribution in [0, 0.1) is 18.6 Å². The molecule has 0 aliphatic carbocycles. The van der Waals surface area contributed by atoms with Gasteiger partial charge < -0.3 is 5.32 Å². The summed E-state index contributed by atoms with van der Waals surface area (Å²) in [6.07, 6.45) is 0. The minimum atomic E-state index is -0.826. The quantitative estimate of drug-likeness (QED) is 0.927. The van der Waals surface area contributed by atoms with Crippen LogP contribution in [0.25, 0.3) is 0 Å². The van der Waals surface area contributed by atoms with Gasteiger partial charge >= 0.3 is 0 Å². The van der Waals surface area contributed by atoms with Gasteiger partial charge in [0.05, 0.1) is 6.54 Å². The predicted octanol–water partition coefficient (Wildman–Crippen LogP) is 2.98. The van der Waals surface area contributed by atoms with Crippen molar-refractivity contribution in [3.05, 3.63) is 45.4 Å². The van der Waals surface area contributed by atoms with Gasteiger partial charge in [-0.05, 0) is 19.9 Å². The van der Waals surface area contributed by atoms with Gasteiger partial charge in [-0.25, -0.2) is 8.78 Å². The molecule has 1 atom stereocenters. The van der Waals surface area contributed by atoms with Crippen LogP contribution in [0.3, 0.4) is 0 Å².